The van der Waals surface area contributed by atoms with Crippen molar-refractivity contribution in [3.63, 3.8) is 0 Å². The van der Waals surface area contributed by atoms with E-state index < -0.39 is 10.8 Å². The van der Waals surface area contributed by atoms with E-state index in [-0.39, 0.29) is 66.1 Å². The zero-order chi connectivity index (χ0) is 27.6. The van der Waals surface area contributed by atoms with E-state index in [1.165, 1.54) is 30.3 Å². The van der Waals surface area contributed by atoms with Crippen LogP contribution in [-0.2, 0) is 6.61 Å². The van der Waals surface area contributed by atoms with E-state index in [9.17, 15) is 14.9 Å². The van der Waals surface area contributed by atoms with Crippen LogP contribution in [0.25, 0.3) is 0 Å². The van der Waals surface area contributed by atoms with Crippen molar-refractivity contribution in [2.75, 3.05) is 5.32 Å². The second-order valence-electron chi connectivity index (χ2n) is 7.75. The molecule has 3 aromatic carbocycles. The fourth-order valence-electron chi connectivity index (χ4n) is 3.24. The summed E-state index contributed by atoms with van der Waals surface area (Å²) in [6.07, 6.45) is 0. The lowest BCUT2D eigenvalue weighted by atomic mass is 10.2. The number of ether oxygens (including phenoxy) is 2. The fourth-order valence-corrected chi connectivity index (χ4v) is 4.47. The van der Waals surface area contributed by atoms with Crippen LogP contribution in [0.5, 0.6) is 17.2 Å². The van der Waals surface area contributed by atoms with Gasteiger partial charge in [-0.3, -0.25) is 14.9 Å². The topological polar surface area (TPSA) is 104 Å². The molecule has 1 amide bonds. The molecule has 0 spiro atoms. The molecule has 196 valence electrons. The van der Waals surface area contributed by atoms with Crippen molar-refractivity contribution < 1.29 is 23.6 Å². The Labute approximate surface area is 241 Å². The van der Waals surface area contributed by atoms with Crippen LogP contribution in [0.1, 0.15) is 21.9 Å². The van der Waals surface area contributed by atoms with E-state index in [4.69, 9.17) is 71.9 Å². The highest BCUT2D eigenvalue weighted by Gasteiger charge is 2.22. The molecule has 0 radical (unpaired) electrons. The molecule has 1 N–H and O–H groups in total. The van der Waals surface area contributed by atoms with Gasteiger partial charge in [-0.2, -0.15) is 0 Å². The van der Waals surface area contributed by atoms with Gasteiger partial charge in [0.1, 0.15) is 33.9 Å². The number of nitro groups is 1. The number of nitrogens with zero attached hydrogens (tertiary/aromatic N) is 1. The third-order valence-electron chi connectivity index (χ3n) is 5.10. The van der Waals surface area contributed by atoms with Crippen molar-refractivity contribution in [2.24, 2.45) is 0 Å². The van der Waals surface area contributed by atoms with Gasteiger partial charge in [0, 0.05) is 12.1 Å². The lowest BCUT2D eigenvalue weighted by molar-refractivity contribution is -0.384. The fraction of sp³-hybridized carbons (Fsp3) is 0.0800. The number of carbonyl (C=O) groups excluding carboxylic acids is 1. The molecule has 0 aliphatic rings. The van der Waals surface area contributed by atoms with E-state index >= 15 is 0 Å². The van der Waals surface area contributed by atoms with Gasteiger partial charge in [0.25, 0.3) is 11.6 Å². The SMILES string of the molecule is Cc1ccccc1Oc1cc(NC(=O)c2ccc(COc3c(Cl)c(Cl)c(Cl)c(Cl)c3Cl)o2)cc([N+](=O)[O-])c1. The molecule has 38 heavy (non-hydrogen) atoms. The third-order valence-corrected chi connectivity index (χ3v) is 7.34. The molecule has 0 atom stereocenters. The number of para-hydroxylation sites is 1. The first-order chi connectivity index (χ1) is 18.0. The number of amides is 1. The van der Waals surface area contributed by atoms with Crippen LogP contribution in [0, 0.1) is 17.0 Å². The summed E-state index contributed by atoms with van der Waals surface area (Å²) in [5.74, 6) is 0.184. The van der Waals surface area contributed by atoms with Crippen molar-refractivity contribution >= 4 is 75.3 Å². The smallest absolute Gasteiger partial charge is 0.291 e. The van der Waals surface area contributed by atoms with Gasteiger partial charge in [-0.15, -0.1) is 0 Å². The van der Waals surface area contributed by atoms with Crippen molar-refractivity contribution in [1.29, 1.82) is 0 Å². The van der Waals surface area contributed by atoms with Gasteiger partial charge in [-0.05, 0) is 30.7 Å². The number of non-ortho nitro benzene ring substituents is 1. The number of aryl methyl sites for hydroxylation is 1. The summed E-state index contributed by atoms with van der Waals surface area (Å²) in [5.41, 5.74) is 0.695. The molecular formula is C25H15Cl5N2O6. The first kappa shape index (κ1) is 27.9. The number of halogens is 5. The number of nitro benzene ring substituents is 1. The van der Waals surface area contributed by atoms with E-state index in [2.05, 4.69) is 5.32 Å². The van der Waals surface area contributed by atoms with Gasteiger partial charge in [0.05, 0.1) is 31.7 Å². The number of anilines is 1. The van der Waals surface area contributed by atoms with Crippen LogP contribution < -0.4 is 14.8 Å². The van der Waals surface area contributed by atoms with Crippen LogP contribution in [0.3, 0.4) is 0 Å². The lowest BCUT2D eigenvalue weighted by Gasteiger charge is -2.13. The van der Waals surface area contributed by atoms with Gasteiger partial charge in [0.15, 0.2) is 11.5 Å². The molecule has 8 nitrogen and oxygen atoms in total. The highest BCUT2D eigenvalue weighted by atomic mass is 35.5. The maximum atomic E-state index is 12.8. The highest BCUT2D eigenvalue weighted by molar-refractivity contribution is 6.55. The Morgan fingerprint density at radius 3 is 2.26 bits per heavy atom. The Bertz CT molecular complexity index is 1530. The molecule has 0 aliphatic heterocycles. The molecule has 1 heterocycles. The Morgan fingerprint density at radius 1 is 0.947 bits per heavy atom. The zero-order valence-electron chi connectivity index (χ0n) is 19.2. The van der Waals surface area contributed by atoms with Crippen molar-refractivity contribution in [3.8, 4) is 17.2 Å². The quantitative estimate of drug-likeness (QED) is 0.0915. The number of hydrogen-bond donors (Lipinski definition) is 1. The van der Waals surface area contributed by atoms with E-state index in [0.717, 1.165) is 5.56 Å². The summed E-state index contributed by atoms with van der Waals surface area (Å²) in [5, 5.41) is 13.9. The van der Waals surface area contributed by atoms with Crippen molar-refractivity contribution in [2.45, 2.75) is 13.5 Å². The van der Waals surface area contributed by atoms with Gasteiger partial charge in [0.2, 0.25) is 0 Å². The van der Waals surface area contributed by atoms with Gasteiger partial charge in [-0.1, -0.05) is 76.2 Å². The standard InChI is InChI=1S/C25H15Cl5N2O6/c1-12-4-2-3-5-17(12)38-16-9-13(8-14(10-16)32(34)35)31-25(33)18-7-6-15(37-18)11-36-24-22(29)20(27)19(26)21(28)23(24)30/h2-10H,11H2,1H3,(H,31,33). The normalized spacial score (nSPS) is 10.8. The van der Waals surface area contributed by atoms with Crippen LogP contribution in [-0.4, -0.2) is 10.8 Å². The van der Waals surface area contributed by atoms with Crippen molar-refractivity contribution in [3.05, 3.63) is 107 Å². The average molecular weight is 617 g/mol. The van der Waals surface area contributed by atoms with Crippen LogP contribution in [0.2, 0.25) is 25.1 Å². The Kier molecular flexibility index (Phi) is 8.60. The van der Waals surface area contributed by atoms with Crippen LogP contribution in [0.15, 0.2) is 59.0 Å². The second kappa shape index (κ2) is 11.7. The summed E-state index contributed by atoms with van der Waals surface area (Å²) in [6.45, 7) is 1.66. The van der Waals surface area contributed by atoms with Gasteiger partial charge in [-0.25, -0.2) is 0 Å². The minimum atomic E-state index is -0.660. The summed E-state index contributed by atoms with van der Waals surface area (Å²) in [7, 11) is 0. The molecule has 0 unspecified atom stereocenters. The second-order valence-corrected chi connectivity index (χ2v) is 9.64. The number of benzene rings is 3. The molecular weight excluding hydrogens is 602 g/mol. The molecule has 4 rings (SSSR count). The lowest BCUT2D eigenvalue weighted by Crippen LogP contribution is -2.11. The molecule has 0 saturated heterocycles. The number of rotatable bonds is 8. The predicted molar refractivity (Wildman–Crippen MR) is 147 cm³/mol. The van der Waals surface area contributed by atoms with Crippen LogP contribution in [0.4, 0.5) is 11.4 Å². The predicted octanol–water partition coefficient (Wildman–Crippen LogP) is 9.39. The molecule has 1 aromatic heterocycles. The minimum absolute atomic E-state index is 0.00656. The number of nitrogens with one attached hydrogen (secondary N) is 1. The van der Waals surface area contributed by atoms with E-state index in [1.807, 2.05) is 19.1 Å². The Hall–Kier alpha value is -3.14. The zero-order valence-corrected chi connectivity index (χ0v) is 23.0. The summed E-state index contributed by atoms with van der Waals surface area (Å²) >= 11 is 30.4. The Morgan fingerprint density at radius 2 is 1.61 bits per heavy atom. The Balaban J connectivity index is 1.50. The first-order valence-electron chi connectivity index (χ1n) is 10.6. The van der Waals surface area contributed by atoms with Crippen molar-refractivity contribution in [1.82, 2.24) is 0 Å². The largest absolute Gasteiger partial charge is 0.482 e. The number of furan rings is 1. The third kappa shape index (κ3) is 6.11. The molecule has 4 aromatic rings. The number of hydrogen-bond acceptors (Lipinski definition) is 6. The first-order valence-corrected chi connectivity index (χ1v) is 12.5. The highest BCUT2D eigenvalue weighted by Crippen LogP contribution is 2.48. The summed E-state index contributed by atoms with van der Waals surface area (Å²) in [6, 6.07) is 14.0. The maximum absolute atomic E-state index is 12.8. The van der Waals surface area contributed by atoms with Gasteiger partial charge < -0.3 is 19.2 Å². The summed E-state index contributed by atoms with van der Waals surface area (Å²) < 4.78 is 16.9. The van der Waals surface area contributed by atoms with E-state index in [0.29, 0.717) is 5.75 Å². The molecule has 0 fully saturated rings. The number of carbonyl (C=O) groups is 1. The molecule has 13 heteroatoms. The van der Waals surface area contributed by atoms with Gasteiger partial charge >= 0.3 is 0 Å². The molecule has 0 saturated carbocycles. The molecule has 0 bridgehead atoms. The molecule has 0 aliphatic carbocycles. The minimum Gasteiger partial charge on any atom is -0.482 e. The van der Waals surface area contributed by atoms with Crippen LogP contribution >= 0.6 is 58.0 Å². The van der Waals surface area contributed by atoms with E-state index in [1.54, 1.807) is 12.1 Å². The summed E-state index contributed by atoms with van der Waals surface area (Å²) in [4.78, 5) is 23.6. The monoisotopic (exact) mass is 614 g/mol. The average Bonchev–Trinajstić information content (AvgIpc) is 3.37. The maximum Gasteiger partial charge on any atom is 0.291 e.